The molecule has 2 aromatic carbocycles. The molecule has 3 rings (SSSR count). The van der Waals surface area contributed by atoms with Crippen molar-refractivity contribution in [3.05, 3.63) is 93.4 Å². The van der Waals surface area contributed by atoms with Crippen molar-refractivity contribution in [1.29, 1.82) is 0 Å². The highest BCUT2D eigenvalue weighted by Crippen LogP contribution is 2.34. The largest absolute Gasteiger partial charge is 0.365 e. The Morgan fingerprint density at radius 2 is 1.74 bits per heavy atom. The monoisotopic (exact) mass is 449 g/mol. The Labute approximate surface area is 191 Å². The van der Waals surface area contributed by atoms with E-state index in [2.05, 4.69) is 10.6 Å². The van der Waals surface area contributed by atoms with E-state index in [1.165, 1.54) is 17.4 Å². The molecule has 1 heterocycles. The van der Waals surface area contributed by atoms with Crippen molar-refractivity contribution < 1.29 is 9.59 Å². The molecule has 0 radical (unpaired) electrons. The number of anilines is 1. The van der Waals surface area contributed by atoms with Crippen LogP contribution in [0.2, 0.25) is 0 Å². The molecular formula is C24H23N3O2S2. The topological polar surface area (TPSA) is 84.2 Å². The summed E-state index contributed by atoms with van der Waals surface area (Å²) in [5.41, 5.74) is 10.0. The summed E-state index contributed by atoms with van der Waals surface area (Å²) in [4.78, 5) is 25.3. The number of amides is 2. The van der Waals surface area contributed by atoms with Gasteiger partial charge >= 0.3 is 0 Å². The average molecular weight is 450 g/mol. The molecule has 0 fully saturated rings. The lowest BCUT2D eigenvalue weighted by Crippen LogP contribution is -2.33. The highest BCUT2D eigenvalue weighted by Gasteiger charge is 2.20. The standard InChI is InChI=1S/C24H23N3O2S2/c1-15-8-10-17(11-9-15)12-13-20(28)26-24(30)27-23-21(22(25)29)16(2)19(31-23)14-18-6-4-3-5-7-18/h3-13H,14H2,1-2H3,(H2,25,29)(H2,26,27,28,30)/b13-12+. The number of rotatable bonds is 6. The molecule has 4 N–H and O–H groups in total. The van der Waals surface area contributed by atoms with Crippen LogP contribution < -0.4 is 16.4 Å². The minimum atomic E-state index is -0.538. The van der Waals surface area contributed by atoms with Gasteiger partial charge in [-0.3, -0.25) is 14.9 Å². The van der Waals surface area contributed by atoms with E-state index in [0.29, 0.717) is 17.0 Å². The van der Waals surface area contributed by atoms with Crippen molar-refractivity contribution in [3.8, 4) is 0 Å². The third kappa shape index (κ3) is 6.10. The van der Waals surface area contributed by atoms with E-state index in [4.69, 9.17) is 18.0 Å². The highest BCUT2D eigenvalue weighted by molar-refractivity contribution is 7.80. The first kappa shape index (κ1) is 22.4. The Morgan fingerprint density at radius 3 is 2.39 bits per heavy atom. The van der Waals surface area contributed by atoms with Crippen molar-refractivity contribution in [3.63, 3.8) is 0 Å². The summed E-state index contributed by atoms with van der Waals surface area (Å²) >= 11 is 6.67. The number of carbonyl (C=O) groups excluding carboxylic acids is 2. The summed E-state index contributed by atoms with van der Waals surface area (Å²) in [6, 6.07) is 17.8. The molecule has 158 valence electrons. The van der Waals surface area contributed by atoms with Crippen LogP contribution in [-0.4, -0.2) is 16.9 Å². The summed E-state index contributed by atoms with van der Waals surface area (Å²) in [6.45, 7) is 3.87. The van der Waals surface area contributed by atoms with Crippen LogP contribution in [0, 0.1) is 13.8 Å². The van der Waals surface area contributed by atoms with Gasteiger partial charge in [-0.25, -0.2) is 0 Å². The number of hydrogen-bond acceptors (Lipinski definition) is 4. The molecule has 3 aromatic rings. The molecule has 0 aliphatic heterocycles. The number of thiocarbonyl (C=S) groups is 1. The predicted octanol–water partition coefficient (Wildman–Crippen LogP) is 4.58. The Kier molecular flexibility index (Phi) is 7.33. The Hall–Kier alpha value is -3.29. The minimum absolute atomic E-state index is 0.105. The number of nitrogens with two attached hydrogens (primary N) is 1. The fraction of sp³-hybridized carbons (Fsp3) is 0.125. The van der Waals surface area contributed by atoms with Crippen molar-refractivity contribution >= 4 is 51.6 Å². The molecule has 2 amide bonds. The molecule has 31 heavy (non-hydrogen) atoms. The van der Waals surface area contributed by atoms with E-state index < -0.39 is 5.91 Å². The molecule has 7 heteroatoms. The number of carbonyl (C=O) groups is 2. The lowest BCUT2D eigenvalue weighted by atomic mass is 10.1. The average Bonchev–Trinajstić information content (AvgIpc) is 3.03. The smallest absolute Gasteiger partial charge is 0.251 e. The van der Waals surface area contributed by atoms with Gasteiger partial charge in [-0.1, -0.05) is 60.2 Å². The van der Waals surface area contributed by atoms with Crippen LogP contribution in [0.1, 0.15) is 37.5 Å². The minimum Gasteiger partial charge on any atom is -0.365 e. The van der Waals surface area contributed by atoms with Crippen LogP contribution in [0.15, 0.2) is 60.7 Å². The zero-order valence-electron chi connectivity index (χ0n) is 17.3. The van der Waals surface area contributed by atoms with Gasteiger partial charge in [0.15, 0.2) is 5.11 Å². The Balaban J connectivity index is 1.69. The van der Waals surface area contributed by atoms with E-state index in [-0.39, 0.29) is 11.0 Å². The zero-order valence-corrected chi connectivity index (χ0v) is 18.9. The second-order valence-corrected chi connectivity index (χ2v) is 8.58. The second kappa shape index (κ2) is 10.1. The van der Waals surface area contributed by atoms with Gasteiger partial charge in [0, 0.05) is 17.4 Å². The van der Waals surface area contributed by atoms with E-state index in [1.807, 2.05) is 68.4 Å². The lowest BCUT2D eigenvalue weighted by Gasteiger charge is -2.07. The number of nitrogens with one attached hydrogen (secondary N) is 2. The van der Waals surface area contributed by atoms with E-state index in [1.54, 1.807) is 6.08 Å². The molecule has 0 aliphatic rings. The summed E-state index contributed by atoms with van der Waals surface area (Å²) in [5.74, 6) is -0.902. The summed E-state index contributed by atoms with van der Waals surface area (Å²) < 4.78 is 0. The van der Waals surface area contributed by atoms with Crippen LogP contribution >= 0.6 is 23.6 Å². The SMILES string of the molecule is Cc1ccc(/C=C/C(=O)NC(=S)Nc2sc(Cc3ccccc3)c(C)c2C(N)=O)cc1. The second-order valence-electron chi connectivity index (χ2n) is 7.07. The quantitative estimate of drug-likeness (QED) is 0.380. The number of hydrogen-bond donors (Lipinski definition) is 3. The maximum atomic E-state index is 12.2. The number of aryl methyl sites for hydroxylation is 1. The van der Waals surface area contributed by atoms with Crippen molar-refractivity contribution in [2.75, 3.05) is 5.32 Å². The van der Waals surface area contributed by atoms with Gasteiger partial charge in [-0.15, -0.1) is 11.3 Å². The first-order valence-corrected chi connectivity index (χ1v) is 10.9. The third-order valence-corrected chi connectivity index (χ3v) is 6.08. The molecule has 5 nitrogen and oxygen atoms in total. The summed E-state index contributed by atoms with van der Waals surface area (Å²) in [5, 5.41) is 6.20. The Morgan fingerprint density at radius 1 is 1.06 bits per heavy atom. The van der Waals surface area contributed by atoms with Gasteiger partial charge in [-0.05, 0) is 48.8 Å². The van der Waals surface area contributed by atoms with Gasteiger partial charge in [0.1, 0.15) is 5.00 Å². The fourth-order valence-electron chi connectivity index (χ4n) is 3.03. The summed E-state index contributed by atoms with van der Waals surface area (Å²) in [6.07, 6.45) is 3.80. The van der Waals surface area contributed by atoms with Gasteiger partial charge in [0.05, 0.1) is 5.56 Å². The van der Waals surface area contributed by atoms with Gasteiger partial charge in [0.25, 0.3) is 5.91 Å². The zero-order chi connectivity index (χ0) is 22.4. The molecule has 0 saturated heterocycles. The normalized spacial score (nSPS) is 10.8. The van der Waals surface area contributed by atoms with Crippen LogP contribution in [-0.2, 0) is 11.2 Å². The number of thiophene rings is 1. The Bertz CT molecular complexity index is 1130. The van der Waals surface area contributed by atoms with Gasteiger partial charge < -0.3 is 11.1 Å². The van der Waals surface area contributed by atoms with Crippen molar-refractivity contribution in [2.45, 2.75) is 20.3 Å². The van der Waals surface area contributed by atoms with E-state index >= 15 is 0 Å². The predicted molar refractivity (Wildman–Crippen MR) is 131 cm³/mol. The van der Waals surface area contributed by atoms with Crippen LogP contribution in [0.5, 0.6) is 0 Å². The molecule has 0 atom stereocenters. The van der Waals surface area contributed by atoms with E-state index in [0.717, 1.165) is 27.1 Å². The lowest BCUT2D eigenvalue weighted by molar-refractivity contribution is -0.115. The maximum absolute atomic E-state index is 12.2. The molecular weight excluding hydrogens is 426 g/mol. The molecule has 0 spiro atoms. The third-order valence-electron chi connectivity index (χ3n) is 4.67. The molecule has 0 bridgehead atoms. The van der Waals surface area contributed by atoms with Crippen molar-refractivity contribution in [2.24, 2.45) is 5.73 Å². The molecule has 0 aliphatic carbocycles. The molecule has 0 unspecified atom stereocenters. The van der Waals surface area contributed by atoms with Gasteiger partial charge in [-0.2, -0.15) is 0 Å². The molecule has 1 aromatic heterocycles. The molecule has 0 saturated carbocycles. The summed E-state index contributed by atoms with van der Waals surface area (Å²) in [7, 11) is 0. The van der Waals surface area contributed by atoms with E-state index in [9.17, 15) is 9.59 Å². The first-order chi connectivity index (χ1) is 14.8. The fourth-order valence-corrected chi connectivity index (χ4v) is 4.55. The number of primary amides is 1. The van der Waals surface area contributed by atoms with Gasteiger partial charge in [0.2, 0.25) is 5.91 Å². The highest BCUT2D eigenvalue weighted by atomic mass is 32.1. The first-order valence-electron chi connectivity index (χ1n) is 9.66. The number of benzene rings is 2. The van der Waals surface area contributed by atoms with Crippen LogP contribution in [0.4, 0.5) is 5.00 Å². The van der Waals surface area contributed by atoms with Crippen molar-refractivity contribution in [1.82, 2.24) is 5.32 Å². The maximum Gasteiger partial charge on any atom is 0.251 e. The van der Waals surface area contributed by atoms with Crippen LogP contribution in [0.25, 0.3) is 6.08 Å². The van der Waals surface area contributed by atoms with Crippen LogP contribution in [0.3, 0.4) is 0 Å².